The van der Waals surface area contributed by atoms with Gasteiger partial charge in [-0.1, -0.05) is 12.1 Å². The molecule has 0 saturated carbocycles. The molecule has 0 unspecified atom stereocenters. The second kappa shape index (κ2) is 3.83. The van der Waals surface area contributed by atoms with Crippen molar-refractivity contribution in [2.75, 3.05) is 11.1 Å². The number of aromatic nitrogens is 2. The van der Waals surface area contributed by atoms with Crippen molar-refractivity contribution >= 4 is 17.3 Å². The van der Waals surface area contributed by atoms with Crippen LogP contribution >= 0.6 is 0 Å². The van der Waals surface area contributed by atoms with E-state index in [9.17, 15) is 5.11 Å². The van der Waals surface area contributed by atoms with Gasteiger partial charge >= 0.3 is 0 Å². The van der Waals surface area contributed by atoms with Gasteiger partial charge in [0.05, 0.1) is 5.69 Å². The van der Waals surface area contributed by atoms with Gasteiger partial charge in [-0.15, -0.1) is 0 Å². The fraction of sp³-hybridized carbons (Fsp3) is 0. The lowest BCUT2D eigenvalue weighted by molar-refractivity contribution is 0.477. The smallest absolute Gasteiger partial charge is 0.139 e. The fourth-order valence-electron chi connectivity index (χ4n) is 1.16. The summed E-state index contributed by atoms with van der Waals surface area (Å²) < 4.78 is 0. The van der Waals surface area contributed by atoms with Gasteiger partial charge in [-0.05, 0) is 12.1 Å². The summed E-state index contributed by atoms with van der Waals surface area (Å²) >= 11 is 0. The maximum atomic E-state index is 9.50. The number of anilines is 3. The molecule has 0 radical (unpaired) electrons. The molecule has 0 bridgehead atoms. The first-order chi connectivity index (χ1) is 7.25. The molecule has 0 amide bonds. The Bertz CT molecular complexity index is 472. The Balaban J connectivity index is 2.26. The lowest BCUT2D eigenvalue weighted by atomic mass is 10.3. The average molecular weight is 202 g/mol. The van der Waals surface area contributed by atoms with Crippen LogP contribution in [0.2, 0.25) is 0 Å². The molecule has 1 aromatic carbocycles. The largest absolute Gasteiger partial charge is 0.506 e. The Morgan fingerprint density at radius 3 is 2.73 bits per heavy atom. The molecule has 5 heteroatoms. The minimum absolute atomic E-state index is 0.162. The number of hydrogen-bond donors (Lipinski definition) is 3. The molecule has 15 heavy (non-hydrogen) atoms. The molecule has 1 heterocycles. The van der Waals surface area contributed by atoms with Gasteiger partial charge in [0.15, 0.2) is 0 Å². The van der Waals surface area contributed by atoms with E-state index in [1.54, 1.807) is 24.3 Å². The number of rotatable bonds is 2. The Morgan fingerprint density at radius 2 is 2.00 bits per heavy atom. The lowest BCUT2D eigenvalue weighted by Gasteiger charge is -2.06. The van der Waals surface area contributed by atoms with E-state index < -0.39 is 0 Å². The highest BCUT2D eigenvalue weighted by molar-refractivity contribution is 5.64. The van der Waals surface area contributed by atoms with Crippen LogP contribution in [0.15, 0.2) is 36.7 Å². The van der Waals surface area contributed by atoms with Gasteiger partial charge < -0.3 is 16.2 Å². The highest BCUT2D eigenvalue weighted by Crippen LogP contribution is 2.24. The quantitative estimate of drug-likeness (QED) is 0.643. The number of phenols is 1. The van der Waals surface area contributed by atoms with Crippen LogP contribution in [0.5, 0.6) is 5.75 Å². The SMILES string of the molecule is Nc1cc(Nc2ccccc2O)ncn1. The molecule has 2 aromatic rings. The molecule has 0 fully saturated rings. The van der Waals surface area contributed by atoms with Crippen LogP contribution in [0, 0.1) is 0 Å². The summed E-state index contributed by atoms with van der Waals surface area (Å²) in [7, 11) is 0. The first-order valence-electron chi connectivity index (χ1n) is 4.38. The third-order valence-electron chi connectivity index (χ3n) is 1.86. The Labute approximate surface area is 86.6 Å². The van der Waals surface area contributed by atoms with Gasteiger partial charge in [0, 0.05) is 6.07 Å². The molecule has 0 aliphatic rings. The van der Waals surface area contributed by atoms with Gasteiger partial charge in [0.25, 0.3) is 0 Å². The van der Waals surface area contributed by atoms with Crippen LogP contribution in [0.3, 0.4) is 0 Å². The van der Waals surface area contributed by atoms with Gasteiger partial charge in [0.2, 0.25) is 0 Å². The van der Waals surface area contributed by atoms with Crippen molar-refractivity contribution in [1.82, 2.24) is 9.97 Å². The van der Waals surface area contributed by atoms with E-state index in [0.717, 1.165) is 0 Å². The van der Waals surface area contributed by atoms with Gasteiger partial charge in [-0.2, -0.15) is 0 Å². The molecule has 0 saturated heterocycles. The molecule has 0 atom stereocenters. The molecule has 0 spiro atoms. The minimum Gasteiger partial charge on any atom is -0.506 e. The van der Waals surface area contributed by atoms with E-state index in [4.69, 9.17) is 5.73 Å². The third-order valence-corrected chi connectivity index (χ3v) is 1.86. The Morgan fingerprint density at radius 1 is 1.20 bits per heavy atom. The molecule has 1 aromatic heterocycles. The van der Waals surface area contributed by atoms with Crippen LogP contribution in [0.25, 0.3) is 0 Å². The van der Waals surface area contributed by atoms with Crippen molar-refractivity contribution in [2.24, 2.45) is 0 Å². The molecule has 5 nitrogen and oxygen atoms in total. The zero-order valence-electron chi connectivity index (χ0n) is 7.88. The van der Waals surface area contributed by atoms with Crippen molar-refractivity contribution in [3.8, 4) is 5.75 Å². The number of nitrogens with two attached hydrogens (primary N) is 1. The highest BCUT2D eigenvalue weighted by atomic mass is 16.3. The number of hydrogen-bond acceptors (Lipinski definition) is 5. The summed E-state index contributed by atoms with van der Waals surface area (Å²) in [5.41, 5.74) is 6.08. The predicted octanol–water partition coefficient (Wildman–Crippen LogP) is 1.51. The monoisotopic (exact) mass is 202 g/mol. The van der Waals surface area contributed by atoms with Crippen LogP contribution in [-0.2, 0) is 0 Å². The normalized spacial score (nSPS) is 9.87. The fourth-order valence-corrected chi connectivity index (χ4v) is 1.16. The summed E-state index contributed by atoms with van der Waals surface area (Å²) in [5.74, 6) is 1.08. The predicted molar refractivity (Wildman–Crippen MR) is 57.8 cm³/mol. The van der Waals surface area contributed by atoms with E-state index in [2.05, 4.69) is 15.3 Å². The second-order valence-corrected chi connectivity index (χ2v) is 2.97. The van der Waals surface area contributed by atoms with Crippen molar-refractivity contribution in [2.45, 2.75) is 0 Å². The van der Waals surface area contributed by atoms with Gasteiger partial charge in [-0.25, -0.2) is 9.97 Å². The molecular formula is C10H10N4O. The number of benzene rings is 1. The van der Waals surface area contributed by atoms with Crippen LogP contribution < -0.4 is 11.1 Å². The Hall–Kier alpha value is -2.30. The summed E-state index contributed by atoms with van der Waals surface area (Å²) in [5, 5.41) is 12.4. The number of phenolic OH excluding ortho intramolecular Hbond substituents is 1. The van der Waals surface area contributed by atoms with Crippen LogP contribution in [0.1, 0.15) is 0 Å². The zero-order chi connectivity index (χ0) is 10.7. The maximum absolute atomic E-state index is 9.50. The van der Waals surface area contributed by atoms with Crippen molar-refractivity contribution in [3.05, 3.63) is 36.7 Å². The summed E-state index contributed by atoms with van der Waals surface area (Å²) in [6.45, 7) is 0. The Kier molecular flexibility index (Phi) is 2.37. The number of para-hydroxylation sites is 2. The minimum atomic E-state index is 0.162. The van der Waals surface area contributed by atoms with Gasteiger partial charge in [0.1, 0.15) is 23.7 Å². The van der Waals surface area contributed by atoms with Crippen molar-refractivity contribution in [1.29, 1.82) is 0 Å². The average Bonchev–Trinajstić information content (AvgIpc) is 2.22. The second-order valence-electron chi connectivity index (χ2n) is 2.97. The van der Waals surface area contributed by atoms with Crippen molar-refractivity contribution < 1.29 is 5.11 Å². The van der Waals surface area contributed by atoms with Crippen LogP contribution in [0.4, 0.5) is 17.3 Å². The lowest BCUT2D eigenvalue weighted by Crippen LogP contribution is -1.97. The number of nitrogen functional groups attached to an aromatic ring is 1. The topological polar surface area (TPSA) is 84.1 Å². The first kappa shape index (κ1) is 9.26. The van der Waals surface area contributed by atoms with E-state index in [1.807, 2.05) is 6.07 Å². The highest BCUT2D eigenvalue weighted by Gasteiger charge is 2.00. The summed E-state index contributed by atoms with van der Waals surface area (Å²) in [6.07, 6.45) is 1.36. The molecule has 4 N–H and O–H groups in total. The standard InChI is InChI=1S/C10H10N4O/c11-9-5-10(13-6-12-9)14-7-3-1-2-4-8(7)15/h1-6,15H,(H3,11,12,13,14). The van der Waals surface area contributed by atoms with E-state index >= 15 is 0 Å². The first-order valence-corrected chi connectivity index (χ1v) is 4.38. The number of aromatic hydroxyl groups is 1. The van der Waals surface area contributed by atoms with E-state index in [1.165, 1.54) is 6.33 Å². The third kappa shape index (κ3) is 2.14. The maximum Gasteiger partial charge on any atom is 0.139 e. The number of nitrogens with one attached hydrogen (secondary N) is 1. The molecule has 76 valence electrons. The number of nitrogens with zero attached hydrogens (tertiary/aromatic N) is 2. The zero-order valence-corrected chi connectivity index (χ0v) is 7.88. The molecule has 0 aliphatic heterocycles. The molecule has 0 aliphatic carbocycles. The summed E-state index contributed by atoms with van der Waals surface area (Å²) in [6, 6.07) is 8.48. The summed E-state index contributed by atoms with van der Waals surface area (Å²) in [4.78, 5) is 7.73. The van der Waals surface area contributed by atoms with E-state index in [0.29, 0.717) is 17.3 Å². The van der Waals surface area contributed by atoms with Crippen molar-refractivity contribution in [3.63, 3.8) is 0 Å². The van der Waals surface area contributed by atoms with Crippen LogP contribution in [-0.4, -0.2) is 15.1 Å². The molecule has 2 rings (SSSR count). The van der Waals surface area contributed by atoms with Gasteiger partial charge in [-0.3, -0.25) is 0 Å². The molecular weight excluding hydrogens is 192 g/mol. The van der Waals surface area contributed by atoms with E-state index in [-0.39, 0.29) is 5.75 Å².